The van der Waals surface area contributed by atoms with Gasteiger partial charge in [0.2, 0.25) is 5.88 Å². The van der Waals surface area contributed by atoms with Crippen molar-refractivity contribution in [3.8, 4) is 5.88 Å². The quantitative estimate of drug-likeness (QED) is 0.233. The van der Waals surface area contributed by atoms with E-state index in [-0.39, 0.29) is 36.2 Å². The summed E-state index contributed by atoms with van der Waals surface area (Å²) in [6.07, 6.45) is 2.97. The topological polar surface area (TPSA) is 78.7 Å². The Morgan fingerprint density at radius 2 is 1.88 bits per heavy atom. The summed E-state index contributed by atoms with van der Waals surface area (Å²) in [6.45, 7) is 5.27. The second kappa shape index (κ2) is 12.1. The van der Waals surface area contributed by atoms with Crippen LogP contribution in [-0.4, -0.2) is 58.3 Å². The van der Waals surface area contributed by atoms with E-state index in [1.165, 1.54) is 7.11 Å². The fourth-order valence-electron chi connectivity index (χ4n) is 5.82. The SMILES string of the molecule is COC(=O)c1ccc2nc([C@H](C)N3CCC(c4cccc(OCc5cc(F)ccc5F)n4)CC3)n(CC3CCO3)c2c1. The van der Waals surface area contributed by atoms with Gasteiger partial charge in [0.25, 0.3) is 0 Å². The number of ether oxygens (including phenoxy) is 3. The second-order valence-electron chi connectivity index (χ2n) is 11.0. The number of esters is 1. The molecule has 42 heavy (non-hydrogen) atoms. The molecule has 1 unspecified atom stereocenters. The number of likely N-dealkylation sites (tertiary alicyclic amines) is 1. The van der Waals surface area contributed by atoms with E-state index in [1.807, 2.05) is 24.3 Å². The number of hydrogen-bond donors (Lipinski definition) is 0. The van der Waals surface area contributed by atoms with Crippen LogP contribution in [0.3, 0.4) is 0 Å². The van der Waals surface area contributed by atoms with Gasteiger partial charge in [0.15, 0.2) is 0 Å². The summed E-state index contributed by atoms with van der Waals surface area (Å²) in [5, 5.41) is 0. The van der Waals surface area contributed by atoms with Crippen LogP contribution in [0.15, 0.2) is 54.6 Å². The van der Waals surface area contributed by atoms with Crippen molar-refractivity contribution < 1.29 is 27.8 Å². The van der Waals surface area contributed by atoms with Crippen LogP contribution in [0.4, 0.5) is 8.78 Å². The highest BCUT2D eigenvalue weighted by molar-refractivity contribution is 5.93. The van der Waals surface area contributed by atoms with E-state index in [0.29, 0.717) is 18.0 Å². The van der Waals surface area contributed by atoms with Crippen molar-refractivity contribution in [2.24, 2.45) is 0 Å². The first-order chi connectivity index (χ1) is 20.4. The lowest BCUT2D eigenvalue weighted by Gasteiger charge is -2.36. The van der Waals surface area contributed by atoms with E-state index in [1.54, 1.807) is 12.1 Å². The maximum atomic E-state index is 14.0. The van der Waals surface area contributed by atoms with Gasteiger partial charge in [0.1, 0.15) is 24.1 Å². The monoisotopic (exact) mass is 576 g/mol. The van der Waals surface area contributed by atoms with Gasteiger partial charge in [-0.2, -0.15) is 0 Å². The summed E-state index contributed by atoms with van der Waals surface area (Å²) in [5.41, 5.74) is 3.34. The summed E-state index contributed by atoms with van der Waals surface area (Å²) in [4.78, 5) is 24.3. The third-order valence-electron chi connectivity index (χ3n) is 8.38. The molecule has 8 nitrogen and oxygen atoms in total. The minimum absolute atomic E-state index is 0.0591. The van der Waals surface area contributed by atoms with Crippen molar-refractivity contribution in [3.05, 3.63) is 88.9 Å². The highest BCUT2D eigenvalue weighted by atomic mass is 19.1. The van der Waals surface area contributed by atoms with Crippen LogP contribution in [0.1, 0.15) is 65.6 Å². The number of halogens is 2. The fraction of sp³-hybridized carbons (Fsp3) is 0.406. The first-order valence-corrected chi connectivity index (χ1v) is 14.4. The third kappa shape index (κ3) is 5.87. The highest BCUT2D eigenvalue weighted by Gasteiger charge is 2.30. The van der Waals surface area contributed by atoms with E-state index in [0.717, 1.165) is 79.7 Å². The molecule has 2 aliphatic rings. The lowest BCUT2D eigenvalue weighted by molar-refractivity contribution is -0.0594. The van der Waals surface area contributed by atoms with Gasteiger partial charge in [-0.15, -0.1) is 0 Å². The maximum Gasteiger partial charge on any atom is 0.337 e. The summed E-state index contributed by atoms with van der Waals surface area (Å²) < 4.78 is 46.1. The average Bonchev–Trinajstić information content (AvgIpc) is 3.36. The van der Waals surface area contributed by atoms with E-state index >= 15 is 0 Å². The Bertz CT molecular complexity index is 1580. The zero-order valence-corrected chi connectivity index (χ0v) is 23.8. The van der Waals surface area contributed by atoms with Gasteiger partial charge in [0.05, 0.1) is 42.4 Å². The van der Waals surface area contributed by atoms with Crippen molar-refractivity contribution in [1.29, 1.82) is 0 Å². The molecule has 0 N–H and O–H groups in total. The van der Waals surface area contributed by atoms with Crippen LogP contribution in [0.25, 0.3) is 11.0 Å². The number of benzene rings is 2. The predicted molar refractivity (Wildman–Crippen MR) is 152 cm³/mol. The molecule has 6 rings (SSSR count). The van der Waals surface area contributed by atoms with Crippen LogP contribution in [0.5, 0.6) is 5.88 Å². The molecule has 2 aromatic heterocycles. The van der Waals surface area contributed by atoms with E-state index in [9.17, 15) is 13.6 Å². The van der Waals surface area contributed by atoms with Gasteiger partial charge < -0.3 is 18.8 Å². The van der Waals surface area contributed by atoms with Crippen molar-refractivity contribution in [2.75, 3.05) is 26.8 Å². The number of imidazole rings is 1. The molecule has 0 amide bonds. The van der Waals surface area contributed by atoms with Crippen LogP contribution >= 0.6 is 0 Å². The molecule has 0 aliphatic carbocycles. The molecule has 10 heteroatoms. The van der Waals surface area contributed by atoms with Crippen molar-refractivity contribution in [2.45, 2.75) is 57.4 Å². The highest BCUT2D eigenvalue weighted by Crippen LogP contribution is 2.34. The minimum Gasteiger partial charge on any atom is -0.473 e. The van der Waals surface area contributed by atoms with Crippen LogP contribution in [0.2, 0.25) is 0 Å². The summed E-state index contributed by atoms with van der Waals surface area (Å²) >= 11 is 0. The molecule has 4 aromatic rings. The van der Waals surface area contributed by atoms with Gasteiger partial charge >= 0.3 is 5.97 Å². The standard InChI is InChI=1S/C32H34F2N4O4/c1-20(31-36-28-9-6-22(32(39)40-2)17-29(28)38(31)18-25-12-15-41-25)37-13-10-21(11-14-37)27-4-3-5-30(35-27)42-19-23-16-24(33)7-8-26(23)34/h3-9,16-17,20-21,25H,10-15,18-19H2,1-2H3/t20-,25?/m0/s1. The minimum atomic E-state index is -0.508. The molecular formula is C32H34F2N4O4. The zero-order chi connectivity index (χ0) is 29.2. The first-order valence-electron chi connectivity index (χ1n) is 14.4. The number of carbonyl (C=O) groups is 1. The normalized spacial score (nSPS) is 18.5. The van der Waals surface area contributed by atoms with E-state index in [2.05, 4.69) is 21.4 Å². The van der Waals surface area contributed by atoms with Crippen LogP contribution in [-0.2, 0) is 22.6 Å². The number of pyridine rings is 1. The smallest absolute Gasteiger partial charge is 0.337 e. The summed E-state index contributed by atoms with van der Waals surface area (Å²) in [7, 11) is 1.38. The van der Waals surface area contributed by atoms with E-state index < -0.39 is 11.6 Å². The largest absolute Gasteiger partial charge is 0.473 e. The number of aromatic nitrogens is 3. The average molecular weight is 577 g/mol. The number of nitrogens with zero attached hydrogens (tertiary/aromatic N) is 4. The lowest BCUT2D eigenvalue weighted by atomic mass is 9.92. The predicted octanol–water partition coefficient (Wildman–Crippen LogP) is 5.80. The number of hydrogen-bond acceptors (Lipinski definition) is 7. The number of fused-ring (bicyclic) bond motifs is 1. The van der Waals surface area contributed by atoms with Gasteiger partial charge in [-0.1, -0.05) is 6.07 Å². The summed E-state index contributed by atoms with van der Waals surface area (Å²) in [6, 6.07) is 14.5. The lowest BCUT2D eigenvalue weighted by Crippen LogP contribution is -2.37. The van der Waals surface area contributed by atoms with Crippen molar-refractivity contribution >= 4 is 17.0 Å². The Hall–Kier alpha value is -3.89. The Kier molecular flexibility index (Phi) is 8.17. The molecule has 2 saturated heterocycles. The second-order valence-corrected chi connectivity index (χ2v) is 11.0. The van der Waals surface area contributed by atoms with Gasteiger partial charge in [0, 0.05) is 29.8 Å². The molecule has 4 heterocycles. The number of rotatable bonds is 9. The molecule has 2 aromatic carbocycles. The molecule has 2 aliphatic heterocycles. The third-order valence-corrected chi connectivity index (χ3v) is 8.38. The molecule has 0 bridgehead atoms. The van der Waals surface area contributed by atoms with Crippen molar-refractivity contribution in [1.82, 2.24) is 19.4 Å². The Morgan fingerprint density at radius 1 is 1.07 bits per heavy atom. The number of carbonyl (C=O) groups excluding carboxylic acids is 1. The molecule has 0 radical (unpaired) electrons. The Balaban J connectivity index is 1.14. The number of piperidine rings is 1. The molecule has 2 fully saturated rings. The first kappa shape index (κ1) is 28.2. The summed E-state index contributed by atoms with van der Waals surface area (Å²) in [5.74, 6) is 0.227. The van der Waals surface area contributed by atoms with Gasteiger partial charge in [-0.3, -0.25) is 4.90 Å². The van der Waals surface area contributed by atoms with Crippen LogP contribution in [0, 0.1) is 11.6 Å². The van der Waals surface area contributed by atoms with Crippen LogP contribution < -0.4 is 4.74 Å². The van der Waals surface area contributed by atoms with Gasteiger partial charge in [-0.05, 0) is 81.7 Å². The maximum absolute atomic E-state index is 14.0. The zero-order valence-electron chi connectivity index (χ0n) is 23.8. The molecule has 220 valence electrons. The van der Waals surface area contributed by atoms with E-state index in [4.69, 9.17) is 19.2 Å². The number of methoxy groups -OCH3 is 1. The molecule has 2 atom stereocenters. The molecule has 0 saturated carbocycles. The molecular weight excluding hydrogens is 542 g/mol. The molecule has 0 spiro atoms. The van der Waals surface area contributed by atoms with Gasteiger partial charge in [-0.25, -0.2) is 23.5 Å². The fourth-order valence-corrected chi connectivity index (χ4v) is 5.82. The Labute approximate surface area is 243 Å². The Morgan fingerprint density at radius 3 is 2.62 bits per heavy atom. The van der Waals surface area contributed by atoms with Crippen molar-refractivity contribution in [3.63, 3.8) is 0 Å².